The van der Waals surface area contributed by atoms with Gasteiger partial charge in [0.25, 0.3) is 5.69 Å². The number of hydrogen-bond acceptors (Lipinski definition) is 7. The van der Waals surface area contributed by atoms with Crippen LogP contribution in [-0.2, 0) is 9.53 Å². The number of ether oxygens (including phenoxy) is 2. The smallest absolute Gasteiger partial charge is 0.336 e. The van der Waals surface area contributed by atoms with Crippen LogP contribution in [0.3, 0.4) is 0 Å². The highest BCUT2D eigenvalue weighted by Gasteiger charge is 2.32. The van der Waals surface area contributed by atoms with E-state index in [1.807, 2.05) is 0 Å². The summed E-state index contributed by atoms with van der Waals surface area (Å²) >= 11 is 1.04. The minimum absolute atomic E-state index is 0.0922. The number of thioether (sulfide) groups is 1. The van der Waals surface area contributed by atoms with Crippen molar-refractivity contribution in [3.63, 3.8) is 0 Å². The Balaban J connectivity index is 2.40. The van der Waals surface area contributed by atoms with E-state index >= 15 is 0 Å². The third kappa shape index (κ3) is 5.45. The summed E-state index contributed by atoms with van der Waals surface area (Å²) in [5, 5.41) is 21.1. The first-order chi connectivity index (χ1) is 12.8. The average Bonchev–Trinajstić information content (AvgIpc) is 2.65. The first-order valence-electron chi connectivity index (χ1n) is 8.26. The summed E-state index contributed by atoms with van der Waals surface area (Å²) in [6.45, 7) is 3.37. The van der Waals surface area contributed by atoms with Crippen LogP contribution in [0.5, 0.6) is 5.75 Å². The van der Waals surface area contributed by atoms with E-state index in [-0.39, 0.29) is 11.8 Å². The minimum atomic E-state index is -1.49. The Bertz CT molecular complexity index is 793. The van der Waals surface area contributed by atoms with Crippen LogP contribution < -0.4 is 4.74 Å². The zero-order valence-electron chi connectivity index (χ0n) is 15.2. The summed E-state index contributed by atoms with van der Waals surface area (Å²) in [5.74, 6) is -0.163. The molecule has 0 spiro atoms. The predicted octanol–water partition coefficient (Wildman–Crippen LogP) is 3.75. The summed E-state index contributed by atoms with van der Waals surface area (Å²) in [7, 11) is 1.53. The van der Waals surface area contributed by atoms with Gasteiger partial charge in [0.15, 0.2) is 6.10 Å². The first kappa shape index (κ1) is 20.7. The Morgan fingerprint density at radius 1 is 1.15 bits per heavy atom. The van der Waals surface area contributed by atoms with Crippen molar-refractivity contribution in [1.29, 1.82) is 0 Å². The molecule has 0 fully saturated rings. The molecule has 7 nitrogen and oxygen atoms in total. The van der Waals surface area contributed by atoms with Crippen molar-refractivity contribution < 1.29 is 24.3 Å². The van der Waals surface area contributed by atoms with Crippen LogP contribution >= 0.6 is 11.8 Å². The van der Waals surface area contributed by atoms with Crippen LogP contribution in [-0.4, -0.2) is 35.3 Å². The number of nitrogens with zero attached hydrogens (tertiary/aromatic N) is 1. The normalized spacial score (nSPS) is 13.1. The van der Waals surface area contributed by atoms with Crippen LogP contribution in [0.25, 0.3) is 0 Å². The second-order valence-electron chi connectivity index (χ2n) is 5.97. The van der Waals surface area contributed by atoms with Crippen molar-refractivity contribution in [3.05, 3.63) is 64.2 Å². The maximum Gasteiger partial charge on any atom is 0.336 e. The maximum absolute atomic E-state index is 12.3. The molecule has 0 aliphatic heterocycles. The van der Waals surface area contributed by atoms with Gasteiger partial charge in [0.1, 0.15) is 5.75 Å². The van der Waals surface area contributed by atoms with Crippen LogP contribution in [0.2, 0.25) is 0 Å². The second kappa shape index (κ2) is 9.38. The minimum Gasteiger partial charge on any atom is -0.497 e. The number of nitro benzene ring substituents is 1. The summed E-state index contributed by atoms with van der Waals surface area (Å²) in [5.41, 5.74) is 0.526. The number of carbonyl (C=O) groups is 1. The van der Waals surface area contributed by atoms with Gasteiger partial charge in [0.05, 0.1) is 28.3 Å². The van der Waals surface area contributed by atoms with Crippen LogP contribution in [0.15, 0.2) is 53.4 Å². The number of para-hydroxylation sites is 1. The van der Waals surface area contributed by atoms with Crippen LogP contribution in [0.4, 0.5) is 5.69 Å². The summed E-state index contributed by atoms with van der Waals surface area (Å²) < 4.78 is 10.2. The summed E-state index contributed by atoms with van der Waals surface area (Å²) in [6.07, 6.45) is -1.88. The first-order valence-corrected chi connectivity index (χ1v) is 9.14. The Kier molecular flexibility index (Phi) is 7.20. The van der Waals surface area contributed by atoms with Gasteiger partial charge in [-0.2, -0.15) is 0 Å². The lowest BCUT2D eigenvalue weighted by Gasteiger charge is -2.23. The highest BCUT2D eigenvalue weighted by atomic mass is 32.2. The fourth-order valence-corrected chi connectivity index (χ4v) is 3.61. The monoisotopic (exact) mass is 391 g/mol. The molecular formula is C19H21NO6S. The van der Waals surface area contributed by atoms with Crippen molar-refractivity contribution in [2.45, 2.75) is 36.2 Å². The molecule has 8 heteroatoms. The SMILES string of the molecule is COc1ccc([C@H](Sc2ccccc2[N+](=O)[O-])[C@H](O)C(=O)OC(C)C)cc1. The standard InChI is InChI=1S/C19H21NO6S/c1-12(2)26-19(22)17(21)18(13-8-10-14(25-3)11-9-13)27-16-7-5-4-6-15(16)20(23)24/h4-12,17-18,21H,1-3H3/t17-,18-/m0/s1. The number of benzene rings is 2. The number of aliphatic hydroxyl groups is 1. The second-order valence-corrected chi connectivity index (χ2v) is 7.15. The zero-order chi connectivity index (χ0) is 20.0. The number of carbonyl (C=O) groups excluding carboxylic acids is 1. The van der Waals surface area contributed by atoms with Gasteiger partial charge >= 0.3 is 5.97 Å². The molecule has 0 aliphatic rings. The molecule has 0 unspecified atom stereocenters. The predicted molar refractivity (Wildman–Crippen MR) is 102 cm³/mol. The Morgan fingerprint density at radius 3 is 2.33 bits per heavy atom. The van der Waals surface area contributed by atoms with E-state index in [1.165, 1.54) is 13.2 Å². The molecule has 0 heterocycles. The fourth-order valence-electron chi connectivity index (χ4n) is 2.38. The molecule has 1 N–H and O–H groups in total. The maximum atomic E-state index is 12.3. The Hall–Kier alpha value is -2.58. The third-order valence-electron chi connectivity index (χ3n) is 3.64. The van der Waals surface area contributed by atoms with Crippen molar-refractivity contribution in [3.8, 4) is 5.75 Å². The topological polar surface area (TPSA) is 98.9 Å². The highest BCUT2D eigenvalue weighted by molar-refractivity contribution is 7.99. The van der Waals surface area contributed by atoms with E-state index in [4.69, 9.17) is 9.47 Å². The number of methoxy groups -OCH3 is 1. The molecule has 0 radical (unpaired) electrons. The van der Waals surface area contributed by atoms with Gasteiger partial charge in [-0.1, -0.05) is 24.3 Å². The van der Waals surface area contributed by atoms with E-state index in [2.05, 4.69) is 0 Å². The quantitative estimate of drug-likeness (QED) is 0.317. The molecule has 2 aromatic carbocycles. The van der Waals surface area contributed by atoms with Crippen molar-refractivity contribution in [2.75, 3.05) is 7.11 Å². The lowest BCUT2D eigenvalue weighted by atomic mass is 10.1. The van der Waals surface area contributed by atoms with E-state index in [1.54, 1.807) is 56.3 Å². The molecule has 144 valence electrons. The largest absolute Gasteiger partial charge is 0.497 e. The lowest BCUT2D eigenvalue weighted by molar-refractivity contribution is -0.387. The molecule has 0 saturated carbocycles. The summed E-state index contributed by atoms with van der Waals surface area (Å²) in [6, 6.07) is 13.0. The molecule has 0 aromatic heterocycles. The number of nitro groups is 1. The lowest BCUT2D eigenvalue weighted by Crippen LogP contribution is -2.30. The third-order valence-corrected chi connectivity index (χ3v) is 5.02. The van der Waals surface area contributed by atoms with Crippen LogP contribution in [0, 0.1) is 10.1 Å². The molecule has 2 aromatic rings. The molecule has 0 amide bonds. The zero-order valence-corrected chi connectivity index (χ0v) is 16.0. The fraction of sp³-hybridized carbons (Fsp3) is 0.316. The van der Waals surface area contributed by atoms with Gasteiger partial charge in [0, 0.05) is 6.07 Å². The average molecular weight is 391 g/mol. The molecular weight excluding hydrogens is 370 g/mol. The van der Waals surface area contributed by atoms with Gasteiger partial charge in [-0.3, -0.25) is 10.1 Å². The molecule has 27 heavy (non-hydrogen) atoms. The van der Waals surface area contributed by atoms with E-state index in [9.17, 15) is 20.0 Å². The summed E-state index contributed by atoms with van der Waals surface area (Å²) in [4.78, 5) is 23.4. The van der Waals surface area contributed by atoms with Gasteiger partial charge in [-0.05, 0) is 37.6 Å². The highest BCUT2D eigenvalue weighted by Crippen LogP contribution is 2.42. The Morgan fingerprint density at radius 2 is 1.78 bits per heavy atom. The number of aliphatic hydroxyl groups excluding tert-OH is 1. The molecule has 0 saturated heterocycles. The van der Waals surface area contributed by atoms with Gasteiger partial charge in [-0.15, -0.1) is 11.8 Å². The van der Waals surface area contributed by atoms with Gasteiger partial charge in [0.2, 0.25) is 0 Å². The number of rotatable bonds is 8. The van der Waals surface area contributed by atoms with Crippen molar-refractivity contribution >= 4 is 23.4 Å². The van der Waals surface area contributed by atoms with Gasteiger partial charge < -0.3 is 14.6 Å². The van der Waals surface area contributed by atoms with E-state index in [0.29, 0.717) is 16.2 Å². The molecule has 2 atom stereocenters. The van der Waals surface area contributed by atoms with Crippen molar-refractivity contribution in [2.24, 2.45) is 0 Å². The number of hydrogen-bond donors (Lipinski definition) is 1. The Labute approximate surface area is 161 Å². The molecule has 0 bridgehead atoms. The number of esters is 1. The molecule has 2 rings (SSSR count). The molecule has 0 aliphatic carbocycles. The van der Waals surface area contributed by atoms with E-state index in [0.717, 1.165) is 11.8 Å². The van der Waals surface area contributed by atoms with Crippen LogP contribution in [0.1, 0.15) is 24.7 Å². The van der Waals surface area contributed by atoms with E-state index < -0.39 is 22.2 Å². The van der Waals surface area contributed by atoms with Crippen molar-refractivity contribution in [1.82, 2.24) is 0 Å². The van der Waals surface area contributed by atoms with Gasteiger partial charge in [-0.25, -0.2) is 4.79 Å².